The molecule has 0 saturated heterocycles. The molecule has 2 aromatic carbocycles. The van der Waals surface area contributed by atoms with Gasteiger partial charge in [0.1, 0.15) is 5.52 Å². The standard InChI is InChI=1S/C19H19N5O4/c1-3-24-16-9-6-13(10-15(16)22-23-24)19(27)28-11(2)18(26)21-14-7-4-12(5-8-14)17(20)25/h4-11H,3H2,1-2H3,(H2,20,25)(H,21,26)/t11-/m1/s1. The molecule has 9 heteroatoms. The summed E-state index contributed by atoms with van der Waals surface area (Å²) in [5.41, 5.74) is 7.62. The highest BCUT2D eigenvalue weighted by Crippen LogP contribution is 2.15. The number of amides is 2. The average molecular weight is 381 g/mol. The van der Waals surface area contributed by atoms with Gasteiger partial charge in [-0.2, -0.15) is 0 Å². The van der Waals surface area contributed by atoms with Gasteiger partial charge >= 0.3 is 5.97 Å². The van der Waals surface area contributed by atoms with Gasteiger partial charge in [0.05, 0.1) is 11.1 Å². The number of rotatable bonds is 6. The Labute approximate surface area is 160 Å². The molecular formula is C19H19N5O4. The third-order valence-electron chi connectivity index (χ3n) is 4.14. The molecule has 144 valence electrons. The molecule has 1 atom stereocenters. The molecule has 0 radical (unpaired) electrons. The summed E-state index contributed by atoms with van der Waals surface area (Å²) in [5, 5.41) is 10.6. The number of aromatic nitrogens is 3. The van der Waals surface area contributed by atoms with Gasteiger partial charge in [0.15, 0.2) is 6.10 Å². The van der Waals surface area contributed by atoms with Crippen molar-refractivity contribution in [2.75, 3.05) is 5.32 Å². The molecule has 3 N–H and O–H groups in total. The molecule has 3 aromatic rings. The van der Waals surface area contributed by atoms with E-state index in [1.165, 1.54) is 31.2 Å². The Morgan fingerprint density at radius 1 is 1.14 bits per heavy atom. The van der Waals surface area contributed by atoms with E-state index in [0.29, 0.717) is 23.3 Å². The third-order valence-corrected chi connectivity index (χ3v) is 4.14. The van der Waals surface area contributed by atoms with Crippen molar-refractivity contribution in [1.82, 2.24) is 15.0 Å². The summed E-state index contributed by atoms with van der Waals surface area (Å²) in [6, 6.07) is 11.0. The van der Waals surface area contributed by atoms with E-state index in [-0.39, 0.29) is 5.56 Å². The number of nitrogens with two attached hydrogens (primary N) is 1. The van der Waals surface area contributed by atoms with Crippen molar-refractivity contribution in [1.29, 1.82) is 0 Å². The number of nitrogens with one attached hydrogen (secondary N) is 1. The van der Waals surface area contributed by atoms with Crippen molar-refractivity contribution >= 4 is 34.5 Å². The number of primary amides is 1. The van der Waals surface area contributed by atoms with Crippen LogP contribution in [0.2, 0.25) is 0 Å². The van der Waals surface area contributed by atoms with Crippen LogP contribution in [0.1, 0.15) is 34.6 Å². The van der Waals surface area contributed by atoms with Crippen LogP contribution in [0.15, 0.2) is 42.5 Å². The largest absolute Gasteiger partial charge is 0.449 e. The monoisotopic (exact) mass is 381 g/mol. The number of fused-ring (bicyclic) bond motifs is 1. The van der Waals surface area contributed by atoms with E-state index in [4.69, 9.17) is 10.5 Å². The van der Waals surface area contributed by atoms with Crippen LogP contribution in [0.25, 0.3) is 11.0 Å². The third kappa shape index (κ3) is 3.98. The highest BCUT2D eigenvalue weighted by Gasteiger charge is 2.20. The van der Waals surface area contributed by atoms with E-state index in [1.54, 1.807) is 22.9 Å². The molecule has 9 nitrogen and oxygen atoms in total. The second-order valence-corrected chi connectivity index (χ2v) is 6.09. The first kappa shape index (κ1) is 19.0. The van der Waals surface area contributed by atoms with Gasteiger partial charge < -0.3 is 15.8 Å². The maximum absolute atomic E-state index is 12.3. The van der Waals surface area contributed by atoms with E-state index in [2.05, 4.69) is 15.6 Å². The molecule has 0 spiro atoms. The van der Waals surface area contributed by atoms with Gasteiger partial charge in [-0.3, -0.25) is 9.59 Å². The fraction of sp³-hybridized carbons (Fsp3) is 0.211. The van der Waals surface area contributed by atoms with Crippen molar-refractivity contribution < 1.29 is 19.1 Å². The molecular weight excluding hydrogens is 362 g/mol. The summed E-state index contributed by atoms with van der Waals surface area (Å²) < 4.78 is 6.95. The van der Waals surface area contributed by atoms with Crippen molar-refractivity contribution in [2.24, 2.45) is 5.73 Å². The Morgan fingerprint density at radius 2 is 1.82 bits per heavy atom. The van der Waals surface area contributed by atoms with E-state index in [1.807, 2.05) is 6.92 Å². The molecule has 0 unspecified atom stereocenters. The topological polar surface area (TPSA) is 129 Å². The minimum absolute atomic E-state index is 0.279. The lowest BCUT2D eigenvalue weighted by molar-refractivity contribution is -0.123. The van der Waals surface area contributed by atoms with Gasteiger partial charge in [0.2, 0.25) is 5.91 Å². The lowest BCUT2D eigenvalue weighted by Gasteiger charge is -2.13. The number of nitrogens with zero attached hydrogens (tertiary/aromatic N) is 3. The normalized spacial score (nSPS) is 11.8. The summed E-state index contributed by atoms with van der Waals surface area (Å²) in [6.45, 7) is 4.08. The first-order chi connectivity index (χ1) is 13.4. The van der Waals surface area contributed by atoms with E-state index < -0.39 is 23.9 Å². The van der Waals surface area contributed by atoms with E-state index in [9.17, 15) is 14.4 Å². The highest BCUT2D eigenvalue weighted by atomic mass is 16.5. The maximum atomic E-state index is 12.3. The van der Waals surface area contributed by atoms with Crippen LogP contribution in [-0.4, -0.2) is 38.9 Å². The molecule has 1 heterocycles. The van der Waals surface area contributed by atoms with Crippen LogP contribution >= 0.6 is 0 Å². The number of benzene rings is 2. The molecule has 2 amide bonds. The van der Waals surface area contributed by atoms with Crippen LogP contribution in [0.5, 0.6) is 0 Å². The Morgan fingerprint density at radius 3 is 2.46 bits per heavy atom. The number of anilines is 1. The predicted octanol–water partition coefficient (Wildman–Crippen LogP) is 1.73. The summed E-state index contributed by atoms with van der Waals surface area (Å²) in [6.07, 6.45) is -1.02. The number of hydrogen-bond acceptors (Lipinski definition) is 6. The van der Waals surface area contributed by atoms with E-state index in [0.717, 1.165) is 5.52 Å². The van der Waals surface area contributed by atoms with Gasteiger partial charge in [-0.1, -0.05) is 5.21 Å². The lowest BCUT2D eigenvalue weighted by atomic mass is 10.2. The van der Waals surface area contributed by atoms with Gasteiger partial charge in [-0.05, 0) is 56.3 Å². The summed E-state index contributed by atoms with van der Waals surface area (Å²) in [7, 11) is 0. The van der Waals surface area contributed by atoms with Gasteiger partial charge in [0.25, 0.3) is 5.91 Å². The van der Waals surface area contributed by atoms with Crippen LogP contribution in [0.3, 0.4) is 0 Å². The number of carbonyl (C=O) groups is 3. The molecule has 28 heavy (non-hydrogen) atoms. The Balaban J connectivity index is 1.64. The zero-order valence-electron chi connectivity index (χ0n) is 15.4. The Bertz CT molecular complexity index is 1040. The van der Waals surface area contributed by atoms with Gasteiger partial charge in [-0.25, -0.2) is 9.48 Å². The SMILES string of the molecule is CCn1nnc2cc(C(=O)O[C@H](C)C(=O)Nc3ccc(C(N)=O)cc3)ccc21. The zero-order chi connectivity index (χ0) is 20.3. The first-order valence-corrected chi connectivity index (χ1v) is 8.64. The minimum atomic E-state index is -1.02. The zero-order valence-corrected chi connectivity index (χ0v) is 15.4. The van der Waals surface area contributed by atoms with Gasteiger partial charge in [0, 0.05) is 17.8 Å². The smallest absolute Gasteiger partial charge is 0.338 e. The van der Waals surface area contributed by atoms with Gasteiger partial charge in [-0.15, -0.1) is 5.10 Å². The predicted molar refractivity (Wildman–Crippen MR) is 102 cm³/mol. The minimum Gasteiger partial charge on any atom is -0.449 e. The molecule has 0 aliphatic rings. The van der Waals surface area contributed by atoms with Crippen LogP contribution in [-0.2, 0) is 16.1 Å². The average Bonchev–Trinajstić information content (AvgIpc) is 3.10. The molecule has 0 fully saturated rings. The van der Waals surface area contributed by atoms with E-state index >= 15 is 0 Å². The fourth-order valence-corrected chi connectivity index (χ4v) is 2.58. The molecule has 0 aliphatic carbocycles. The fourth-order valence-electron chi connectivity index (χ4n) is 2.58. The summed E-state index contributed by atoms with van der Waals surface area (Å²) in [4.78, 5) is 35.7. The number of esters is 1. The quantitative estimate of drug-likeness (QED) is 0.626. The number of ether oxygens (including phenoxy) is 1. The number of hydrogen-bond donors (Lipinski definition) is 2. The summed E-state index contributed by atoms with van der Waals surface area (Å²) >= 11 is 0. The van der Waals surface area contributed by atoms with Crippen molar-refractivity contribution in [2.45, 2.75) is 26.5 Å². The molecule has 0 saturated carbocycles. The van der Waals surface area contributed by atoms with Crippen molar-refractivity contribution in [3.8, 4) is 0 Å². The van der Waals surface area contributed by atoms with Crippen molar-refractivity contribution in [3.63, 3.8) is 0 Å². The number of carbonyl (C=O) groups excluding carboxylic acids is 3. The first-order valence-electron chi connectivity index (χ1n) is 8.64. The lowest BCUT2D eigenvalue weighted by Crippen LogP contribution is -2.30. The number of aryl methyl sites for hydroxylation is 1. The van der Waals surface area contributed by atoms with Crippen molar-refractivity contribution in [3.05, 3.63) is 53.6 Å². The van der Waals surface area contributed by atoms with Crippen LogP contribution in [0, 0.1) is 0 Å². The Kier molecular flexibility index (Phi) is 5.35. The highest BCUT2D eigenvalue weighted by molar-refractivity contribution is 5.99. The van der Waals surface area contributed by atoms with Crippen LogP contribution < -0.4 is 11.1 Å². The molecule has 1 aromatic heterocycles. The molecule has 0 aliphatic heterocycles. The second-order valence-electron chi connectivity index (χ2n) is 6.09. The second kappa shape index (κ2) is 7.87. The molecule has 3 rings (SSSR count). The van der Waals surface area contributed by atoms with Crippen LogP contribution in [0.4, 0.5) is 5.69 Å². The summed E-state index contributed by atoms with van der Waals surface area (Å²) in [5.74, 6) is -1.70. The maximum Gasteiger partial charge on any atom is 0.338 e. The molecule has 0 bridgehead atoms. The Hall–Kier alpha value is -3.75.